The fraction of sp³-hybridized carbons (Fsp3) is 0.375. The van der Waals surface area contributed by atoms with Crippen LogP contribution in [0.15, 0.2) is 33.9 Å². The second-order valence-electron chi connectivity index (χ2n) is 5.66. The summed E-state index contributed by atoms with van der Waals surface area (Å²) in [4.78, 5) is 51.5. The average Bonchev–Trinajstić information content (AvgIpc) is 2.79. The van der Waals surface area contributed by atoms with Gasteiger partial charge in [0.25, 0.3) is 5.56 Å². The van der Waals surface area contributed by atoms with E-state index in [4.69, 9.17) is 0 Å². The number of hydrogen-bond acceptors (Lipinski definition) is 4. The maximum Gasteiger partial charge on any atom is 0.328 e. The summed E-state index contributed by atoms with van der Waals surface area (Å²) in [5.41, 5.74) is -0.457. The third-order valence-electron chi connectivity index (χ3n) is 4.12. The molecule has 2 amide bonds. The number of fused-ring (bicyclic) bond motifs is 1. The molecular weight excluding hydrogens is 312 g/mol. The Kier molecular flexibility index (Phi) is 4.45. The van der Waals surface area contributed by atoms with Crippen LogP contribution in [0.1, 0.15) is 12.8 Å². The summed E-state index contributed by atoms with van der Waals surface area (Å²) in [5, 5.41) is 3.13. The predicted molar refractivity (Wildman–Crippen MR) is 87.7 cm³/mol. The number of H-pyrrole nitrogens is 1. The number of amides is 2. The van der Waals surface area contributed by atoms with E-state index in [1.165, 1.54) is 4.57 Å². The van der Waals surface area contributed by atoms with Gasteiger partial charge in [-0.15, -0.1) is 0 Å². The topological polar surface area (TPSA) is 104 Å². The molecular formula is C16H18N4O4. The van der Waals surface area contributed by atoms with Crippen LogP contribution in [-0.2, 0) is 16.1 Å². The van der Waals surface area contributed by atoms with Crippen LogP contribution in [0.4, 0.5) is 0 Å². The normalized spacial score (nSPS) is 15.2. The summed E-state index contributed by atoms with van der Waals surface area (Å²) in [5.74, 6) is -0.179. The van der Waals surface area contributed by atoms with E-state index in [1.807, 2.05) is 0 Å². The van der Waals surface area contributed by atoms with Gasteiger partial charge in [0.15, 0.2) is 0 Å². The van der Waals surface area contributed by atoms with Gasteiger partial charge in [-0.3, -0.25) is 23.9 Å². The van der Waals surface area contributed by atoms with Crippen LogP contribution in [0.2, 0.25) is 0 Å². The predicted octanol–water partition coefficient (Wildman–Crippen LogP) is -0.572. The SMILES string of the molecule is O=C1CCN(C(=O)CCn2c(=O)[nH]c(=O)c3ccccc32)CCN1. The molecule has 2 heterocycles. The molecule has 2 N–H and O–H groups in total. The highest BCUT2D eigenvalue weighted by Gasteiger charge is 2.18. The van der Waals surface area contributed by atoms with Gasteiger partial charge in [-0.1, -0.05) is 12.1 Å². The van der Waals surface area contributed by atoms with E-state index in [0.29, 0.717) is 30.5 Å². The maximum atomic E-state index is 12.3. The molecule has 1 aliphatic heterocycles. The molecule has 0 saturated carbocycles. The minimum absolute atomic E-state index is 0.0619. The zero-order chi connectivity index (χ0) is 17.1. The number of nitrogens with one attached hydrogen (secondary N) is 2. The lowest BCUT2D eigenvalue weighted by molar-refractivity contribution is -0.131. The lowest BCUT2D eigenvalue weighted by Crippen LogP contribution is -2.36. The third-order valence-corrected chi connectivity index (χ3v) is 4.12. The van der Waals surface area contributed by atoms with Gasteiger partial charge in [0.05, 0.1) is 10.9 Å². The standard InChI is InChI=1S/C16H18N4O4/c21-13-5-8-19(10-7-17-13)14(22)6-9-20-12-4-2-1-3-11(12)15(23)18-16(20)24/h1-4H,5-10H2,(H,17,21)(H,18,23,24). The monoisotopic (exact) mass is 330 g/mol. The highest BCUT2D eigenvalue weighted by atomic mass is 16.2. The molecule has 8 heteroatoms. The molecule has 1 fully saturated rings. The van der Waals surface area contributed by atoms with E-state index in [0.717, 1.165) is 0 Å². The largest absolute Gasteiger partial charge is 0.354 e. The molecule has 0 aliphatic carbocycles. The molecule has 1 saturated heterocycles. The summed E-state index contributed by atoms with van der Waals surface area (Å²) < 4.78 is 1.40. The van der Waals surface area contributed by atoms with E-state index < -0.39 is 11.2 Å². The van der Waals surface area contributed by atoms with Gasteiger partial charge < -0.3 is 10.2 Å². The number of aryl methyl sites for hydroxylation is 1. The van der Waals surface area contributed by atoms with Crippen molar-refractivity contribution in [2.24, 2.45) is 0 Å². The van der Waals surface area contributed by atoms with Crippen molar-refractivity contribution >= 4 is 22.7 Å². The molecule has 0 unspecified atom stereocenters. The fourth-order valence-corrected chi connectivity index (χ4v) is 2.85. The summed E-state index contributed by atoms with van der Waals surface area (Å²) in [6.07, 6.45) is 0.414. The minimum atomic E-state index is -0.529. The molecule has 0 radical (unpaired) electrons. The van der Waals surface area contributed by atoms with Crippen molar-refractivity contribution in [2.45, 2.75) is 19.4 Å². The quantitative estimate of drug-likeness (QED) is 0.786. The molecule has 1 aliphatic rings. The summed E-state index contributed by atoms with van der Waals surface area (Å²) in [6, 6.07) is 6.79. The smallest absolute Gasteiger partial charge is 0.328 e. The van der Waals surface area contributed by atoms with Gasteiger partial charge in [-0.25, -0.2) is 4.79 Å². The van der Waals surface area contributed by atoms with Gasteiger partial charge in [0.2, 0.25) is 11.8 Å². The van der Waals surface area contributed by atoms with E-state index in [-0.39, 0.29) is 31.2 Å². The van der Waals surface area contributed by atoms with Crippen LogP contribution in [0, 0.1) is 0 Å². The van der Waals surface area contributed by atoms with E-state index >= 15 is 0 Å². The van der Waals surface area contributed by atoms with Crippen LogP contribution in [0.3, 0.4) is 0 Å². The third kappa shape index (κ3) is 3.22. The van der Waals surface area contributed by atoms with Crippen molar-refractivity contribution in [3.8, 4) is 0 Å². The Labute approximate surface area is 137 Å². The van der Waals surface area contributed by atoms with Crippen LogP contribution in [0.5, 0.6) is 0 Å². The second-order valence-corrected chi connectivity index (χ2v) is 5.66. The zero-order valence-corrected chi connectivity index (χ0v) is 13.1. The van der Waals surface area contributed by atoms with E-state index in [1.54, 1.807) is 29.2 Å². The number of carbonyl (C=O) groups is 2. The molecule has 0 atom stereocenters. The van der Waals surface area contributed by atoms with E-state index in [2.05, 4.69) is 10.3 Å². The zero-order valence-electron chi connectivity index (χ0n) is 13.1. The van der Waals surface area contributed by atoms with Crippen molar-refractivity contribution in [1.82, 2.24) is 19.8 Å². The lowest BCUT2D eigenvalue weighted by Gasteiger charge is -2.20. The highest BCUT2D eigenvalue weighted by Crippen LogP contribution is 2.08. The Morgan fingerprint density at radius 2 is 1.92 bits per heavy atom. The molecule has 1 aromatic carbocycles. The van der Waals surface area contributed by atoms with Crippen molar-refractivity contribution in [1.29, 1.82) is 0 Å². The van der Waals surface area contributed by atoms with Crippen molar-refractivity contribution in [3.05, 3.63) is 45.1 Å². The molecule has 3 rings (SSSR count). The highest BCUT2D eigenvalue weighted by molar-refractivity contribution is 5.80. The number of aromatic amines is 1. The Bertz CT molecular complexity index is 899. The first-order valence-corrected chi connectivity index (χ1v) is 7.82. The Morgan fingerprint density at radius 1 is 1.12 bits per heavy atom. The van der Waals surface area contributed by atoms with E-state index in [9.17, 15) is 19.2 Å². The fourth-order valence-electron chi connectivity index (χ4n) is 2.85. The molecule has 2 aromatic rings. The van der Waals surface area contributed by atoms with Crippen molar-refractivity contribution < 1.29 is 9.59 Å². The molecule has 24 heavy (non-hydrogen) atoms. The number of carbonyl (C=O) groups excluding carboxylic acids is 2. The Morgan fingerprint density at radius 3 is 2.75 bits per heavy atom. The van der Waals surface area contributed by atoms with Gasteiger partial charge in [-0.2, -0.15) is 0 Å². The first-order chi connectivity index (χ1) is 11.6. The molecule has 126 valence electrons. The first-order valence-electron chi connectivity index (χ1n) is 7.82. The van der Waals surface area contributed by atoms with Crippen LogP contribution < -0.4 is 16.6 Å². The number of benzene rings is 1. The first kappa shape index (κ1) is 16.0. The van der Waals surface area contributed by atoms with Gasteiger partial charge >= 0.3 is 5.69 Å². The Balaban J connectivity index is 1.78. The van der Waals surface area contributed by atoms with Crippen LogP contribution in [0.25, 0.3) is 10.9 Å². The Hall–Kier alpha value is -2.90. The molecule has 1 aromatic heterocycles. The van der Waals surface area contributed by atoms with Gasteiger partial charge in [0, 0.05) is 39.0 Å². The number of nitrogens with zero attached hydrogens (tertiary/aromatic N) is 2. The minimum Gasteiger partial charge on any atom is -0.354 e. The van der Waals surface area contributed by atoms with Crippen molar-refractivity contribution in [3.63, 3.8) is 0 Å². The van der Waals surface area contributed by atoms with Gasteiger partial charge in [-0.05, 0) is 12.1 Å². The summed E-state index contributed by atoms with van der Waals surface area (Å²) in [7, 11) is 0. The summed E-state index contributed by atoms with van der Waals surface area (Å²) in [6.45, 7) is 1.46. The number of hydrogen-bond donors (Lipinski definition) is 2. The maximum absolute atomic E-state index is 12.3. The molecule has 8 nitrogen and oxygen atoms in total. The average molecular weight is 330 g/mol. The van der Waals surface area contributed by atoms with Crippen molar-refractivity contribution in [2.75, 3.05) is 19.6 Å². The van der Waals surface area contributed by atoms with Crippen LogP contribution in [-0.4, -0.2) is 45.9 Å². The molecule has 0 bridgehead atoms. The number of aromatic nitrogens is 2. The number of para-hydroxylation sites is 1. The second kappa shape index (κ2) is 6.69. The van der Waals surface area contributed by atoms with Gasteiger partial charge in [0.1, 0.15) is 0 Å². The molecule has 0 spiro atoms. The lowest BCUT2D eigenvalue weighted by atomic mass is 10.2. The summed E-state index contributed by atoms with van der Waals surface area (Å²) >= 11 is 0. The van der Waals surface area contributed by atoms with Crippen LogP contribution >= 0.6 is 0 Å². The number of rotatable bonds is 3.